The van der Waals surface area contributed by atoms with Crippen molar-refractivity contribution in [2.45, 2.75) is 0 Å². The molecular weight excluding hydrogens is 236 g/mol. The number of ether oxygens (including phenoxy) is 1. The lowest BCUT2D eigenvalue weighted by Gasteiger charge is -2.06. The molecule has 0 unspecified atom stereocenters. The Balaban J connectivity index is 2.47. The van der Waals surface area contributed by atoms with Gasteiger partial charge in [-0.2, -0.15) is 0 Å². The summed E-state index contributed by atoms with van der Waals surface area (Å²) >= 11 is 1.50. The van der Waals surface area contributed by atoms with E-state index in [-0.39, 0.29) is 0 Å². The zero-order chi connectivity index (χ0) is 12.4. The average Bonchev–Trinajstić information content (AvgIpc) is 2.78. The summed E-state index contributed by atoms with van der Waals surface area (Å²) in [4.78, 5) is 1.92. The van der Waals surface area contributed by atoms with Gasteiger partial charge in [0.25, 0.3) is 0 Å². The van der Waals surface area contributed by atoms with E-state index in [0.717, 1.165) is 21.5 Å². The Morgan fingerprint density at radius 1 is 1.29 bits per heavy atom. The van der Waals surface area contributed by atoms with Gasteiger partial charge in [-0.25, -0.2) is 0 Å². The van der Waals surface area contributed by atoms with Crippen LogP contribution in [0.3, 0.4) is 0 Å². The van der Waals surface area contributed by atoms with E-state index in [1.54, 1.807) is 13.2 Å². The van der Waals surface area contributed by atoms with Crippen molar-refractivity contribution in [3.05, 3.63) is 18.2 Å². The third-order valence-corrected chi connectivity index (χ3v) is 3.38. The topological polar surface area (TPSA) is 64.3 Å². The highest BCUT2D eigenvalue weighted by Crippen LogP contribution is 2.35. The molecule has 1 aromatic carbocycles. The molecule has 2 N–H and O–H groups in total. The van der Waals surface area contributed by atoms with E-state index < -0.39 is 0 Å². The van der Waals surface area contributed by atoms with Crippen LogP contribution in [0, 0.1) is 0 Å². The van der Waals surface area contributed by atoms with Crippen molar-refractivity contribution < 1.29 is 4.74 Å². The molecule has 0 radical (unpaired) electrons. The smallest absolute Gasteiger partial charge is 0.208 e. The number of methoxy groups -OCH3 is 1. The molecule has 0 aliphatic carbocycles. The summed E-state index contributed by atoms with van der Waals surface area (Å²) in [5, 5.41) is 9.90. The molecule has 0 aliphatic heterocycles. The van der Waals surface area contributed by atoms with Gasteiger partial charge in [0.05, 0.1) is 12.7 Å². The van der Waals surface area contributed by atoms with Crippen molar-refractivity contribution in [3.63, 3.8) is 0 Å². The highest BCUT2D eigenvalue weighted by molar-refractivity contribution is 7.18. The SMILES string of the molecule is COc1ccc(N)cc1-c1nnc(N(C)C)s1. The second-order valence-corrected chi connectivity index (χ2v) is 4.70. The lowest BCUT2D eigenvalue weighted by Crippen LogP contribution is -2.07. The normalized spacial score (nSPS) is 10.3. The number of nitrogen functional groups attached to an aromatic ring is 1. The number of aromatic nitrogens is 2. The highest BCUT2D eigenvalue weighted by Gasteiger charge is 2.12. The molecule has 2 aromatic rings. The molecule has 0 amide bonds. The Kier molecular flexibility index (Phi) is 3.14. The van der Waals surface area contributed by atoms with Crippen LogP contribution in [0.2, 0.25) is 0 Å². The number of hydrogen-bond acceptors (Lipinski definition) is 6. The summed E-state index contributed by atoms with van der Waals surface area (Å²) in [7, 11) is 5.49. The molecule has 2 rings (SSSR count). The Bertz CT molecular complexity index is 524. The molecule has 1 heterocycles. The summed E-state index contributed by atoms with van der Waals surface area (Å²) in [6, 6.07) is 5.48. The van der Waals surface area contributed by atoms with Crippen molar-refractivity contribution in [1.29, 1.82) is 0 Å². The molecule has 5 nitrogen and oxygen atoms in total. The van der Waals surface area contributed by atoms with Gasteiger partial charge in [-0.05, 0) is 18.2 Å². The molecule has 6 heteroatoms. The predicted octanol–water partition coefficient (Wildman–Crippen LogP) is 1.86. The first kappa shape index (κ1) is 11.7. The quantitative estimate of drug-likeness (QED) is 0.842. The van der Waals surface area contributed by atoms with Crippen LogP contribution in [-0.4, -0.2) is 31.4 Å². The van der Waals surface area contributed by atoms with Crippen LogP contribution in [0.1, 0.15) is 0 Å². The van der Waals surface area contributed by atoms with Gasteiger partial charge in [0.2, 0.25) is 5.13 Å². The fourth-order valence-corrected chi connectivity index (χ4v) is 2.19. The molecule has 90 valence electrons. The molecule has 0 fully saturated rings. The van der Waals surface area contributed by atoms with E-state index in [2.05, 4.69) is 10.2 Å². The predicted molar refractivity (Wildman–Crippen MR) is 70.6 cm³/mol. The van der Waals surface area contributed by atoms with E-state index in [1.165, 1.54) is 11.3 Å². The lowest BCUT2D eigenvalue weighted by atomic mass is 10.2. The van der Waals surface area contributed by atoms with Gasteiger partial charge in [0.15, 0.2) is 5.01 Å². The summed E-state index contributed by atoms with van der Waals surface area (Å²) in [5.74, 6) is 0.751. The van der Waals surface area contributed by atoms with Gasteiger partial charge >= 0.3 is 0 Å². The fraction of sp³-hybridized carbons (Fsp3) is 0.273. The minimum atomic E-state index is 0.683. The third kappa shape index (κ3) is 2.31. The number of anilines is 2. The second-order valence-electron chi connectivity index (χ2n) is 3.74. The number of benzene rings is 1. The largest absolute Gasteiger partial charge is 0.496 e. The first-order valence-electron chi connectivity index (χ1n) is 5.06. The van der Waals surface area contributed by atoms with E-state index >= 15 is 0 Å². The standard InChI is InChI=1S/C11H14N4OS/c1-15(2)11-14-13-10(17-11)8-6-7(12)4-5-9(8)16-3/h4-6H,12H2,1-3H3. The van der Waals surface area contributed by atoms with Crippen LogP contribution in [-0.2, 0) is 0 Å². The molecule has 0 saturated heterocycles. The third-order valence-electron chi connectivity index (χ3n) is 2.25. The zero-order valence-electron chi connectivity index (χ0n) is 9.97. The number of hydrogen-bond donors (Lipinski definition) is 1. The maximum Gasteiger partial charge on any atom is 0.208 e. The highest BCUT2D eigenvalue weighted by atomic mass is 32.1. The van der Waals surface area contributed by atoms with Crippen molar-refractivity contribution in [2.75, 3.05) is 31.8 Å². The van der Waals surface area contributed by atoms with Crippen LogP contribution >= 0.6 is 11.3 Å². The Labute approximate surface area is 104 Å². The lowest BCUT2D eigenvalue weighted by molar-refractivity contribution is 0.416. The summed E-state index contributed by atoms with van der Waals surface area (Å²) in [6.45, 7) is 0. The van der Waals surface area contributed by atoms with Gasteiger partial charge in [0, 0.05) is 19.8 Å². The fourth-order valence-electron chi connectivity index (χ4n) is 1.40. The monoisotopic (exact) mass is 250 g/mol. The van der Waals surface area contributed by atoms with Crippen molar-refractivity contribution in [2.24, 2.45) is 0 Å². The average molecular weight is 250 g/mol. The van der Waals surface area contributed by atoms with Crippen molar-refractivity contribution in [1.82, 2.24) is 10.2 Å². The Hall–Kier alpha value is -1.82. The minimum Gasteiger partial charge on any atom is -0.496 e. The van der Waals surface area contributed by atoms with Crippen LogP contribution in [0.15, 0.2) is 18.2 Å². The molecule has 0 atom stereocenters. The maximum atomic E-state index is 5.78. The van der Waals surface area contributed by atoms with Crippen LogP contribution in [0.5, 0.6) is 5.75 Å². The summed E-state index contributed by atoms with van der Waals surface area (Å²) in [6.07, 6.45) is 0. The van der Waals surface area contributed by atoms with Crippen molar-refractivity contribution in [3.8, 4) is 16.3 Å². The van der Waals surface area contributed by atoms with Gasteiger partial charge in [-0.15, -0.1) is 10.2 Å². The van der Waals surface area contributed by atoms with E-state index in [1.807, 2.05) is 31.1 Å². The molecular formula is C11H14N4OS. The summed E-state index contributed by atoms with van der Waals surface area (Å²) in [5.41, 5.74) is 7.33. The van der Waals surface area contributed by atoms with Crippen LogP contribution in [0.4, 0.5) is 10.8 Å². The van der Waals surface area contributed by atoms with Crippen molar-refractivity contribution >= 4 is 22.2 Å². The first-order valence-corrected chi connectivity index (χ1v) is 5.88. The van der Waals surface area contributed by atoms with E-state index in [9.17, 15) is 0 Å². The molecule has 1 aromatic heterocycles. The second kappa shape index (κ2) is 4.58. The number of nitrogens with two attached hydrogens (primary N) is 1. The molecule has 0 aliphatic rings. The Morgan fingerprint density at radius 2 is 2.06 bits per heavy atom. The zero-order valence-corrected chi connectivity index (χ0v) is 10.8. The van der Waals surface area contributed by atoms with Crippen LogP contribution in [0.25, 0.3) is 10.6 Å². The van der Waals surface area contributed by atoms with Gasteiger partial charge in [-0.1, -0.05) is 11.3 Å². The number of rotatable bonds is 3. The molecule has 17 heavy (non-hydrogen) atoms. The van der Waals surface area contributed by atoms with Gasteiger partial charge in [0.1, 0.15) is 5.75 Å². The summed E-state index contributed by atoms with van der Waals surface area (Å²) < 4.78 is 5.29. The van der Waals surface area contributed by atoms with E-state index in [4.69, 9.17) is 10.5 Å². The van der Waals surface area contributed by atoms with Crippen LogP contribution < -0.4 is 15.4 Å². The molecule has 0 saturated carbocycles. The van der Waals surface area contributed by atoms with Gasteiger partial charge in [-0.3, -0.25) is 0 Å². The maximum absolute atomic E-state index is 5.78. The first-order chi connectivity index (χ1) is 8.11. The minimum absolute atomic E-state index is 0.683. The molecule has 0 bridgehead atoms. The Morgan fingerprint density at radius 3 is 2.65 bits per heavy atom. The number of nitrogens with zero attached hydrogens (tertiary/aromatic N) is 3. The molecule has 0 spiro atoms. The van der Waals surface area contributed by atoms with Gasteiger partial charge < -0.3 is 15.4 Å². The van der Waals surface area contributed by atoms with E-state index in [0.29, 0.717) is 5.69 Å².